The minimum atomic E-state index is -0.967. The first-order chi connectivity index (χ1) is 5.61. The Balaban J connectivity index is 4.11. The normalized spacial score (nSPS) is 11.4. The summed E-state index contributed by atoms with van der Waals surface area (Å²) in [6.45, 7) is 3.41. The fourth-order valence-corrected chi connectivity index (χ4v) is 0.661. The topological polar surface area (TPSA) is 81.4 Å². The average Bonchev–Trinajstić information content (AvgIpc) is 2.01. The summed E-state index contributed by atoms with van der Waals surface area (Å²) in [5.74, 6) is -0.395. The van der Waals surface area contributed by atoms with Gasteiger partial charge in [0.2, 0.25) is 0 Å². The molecule has 1 unspecified atom stereocenters. The van der Waals surface area contributed by atoms with Gasteiger partial charge in [-0.2, -0.15) is 0 Å². The van der Waals surface area contributed by atoms with Gasteiger partial charge in [-0.05, 0) is 0 Å². The second kappa shape index (κ2) is 5.17. The van der Waals surface area contributed by atoms with Crippen LogP contribution >= 0.6 is 0 Å². The van der Waals surface area contributed by atoms with E-state index in [1.54, 1.807) is 0 Å². The van der Waals surface area contributed by atoms with Crippen molar-refractivity contribution in [3.8, 4) is 0 Å². The number of amides is 2. The molecule has 0 fully saturated rings. The number of nitrogens with one attached hydrogen (secondary N) is 1. The number of carbonyl (C=O) groups is 2. The molecule has 0 rings (SSSR count). The summed E-state index contributed by atoms with van der Waals surface area (Å²) in [6, 6.07) is 0. The highest BCUT2D eigenvalue weighted by molar-refractivity contribution is 5.83. The summed E-state index contributed by atoms with van der Waals surface area (Å²) < 4.78 is 4.50. The Kier molecular flexibility index (Phi) is 4.52. The van der Waals surface area contributed by atoms with Gasteiger partial charge >= 0.3 is 6.09 Å². The molecule has 5 nitrogen and oxygen atoms in total. The standard InChI is InChI=1S/C7H12N2O3/c1-3-4-5(6(10)9-2)12-7(8)11/h3,5H,1,4H2,2H3,(H2,8,11)(H,9,10). The minimum Gasteiger partial charge on any atom is -0.436 e. The second-order valence-electron chi connectivity index (χ2n) is 2.06. The molecule has 0 saturated carbocycles. The van der Waals surface area contributed by atoms with E-state index in [0.29, 0.717) is 0 Å². The van der Waals surface area contributed by atoms with E-state index in [-0.39, 0.29) is 6.42 Å². The Morgan fingerprint density at radius 2 is 2.33 bits per heavy atom. The van der Waals surface area contributed by atoms with Gasteiger partial charge in [0.1, 0.15) is 0 Å². The van der Waals surface area contributed by atoms with Gasteiger partial charge in [-0.1, -0.05) is 6.08 Å². The molecule has 0 aromatic heterocycles. The summed E-state index contributed by atoms with van der Waals surface area (Å²) >= 11 is 0. The molecule has 2 amide bonds. The van der Waals surface area contributed by atoms with E-state index in [0.717, 1.165) is 0 Å². The number of nitrogens with two attached hydrogens (primary N) is 1. The number of likely N-dealkylation sites (N-methyl/N-ethyl adjacent to an activating group) is 1. The van der Waals surface area contributed by atoms with Crippen LogP contribution in [0.25, 0.3) is 0 Å². The second-order valence-corrected chi connectivity index (χ2v) is 2.06. The number of ether oxygens (including phenoxy) is 1. The zero-order valence-corrected chi connectivity index (χ0v) is 6.87. The number of carbonyl (C=O) groups excluding carboxylic acids is 2. The highest BCUT2D eigenvalue weighted by atomic mass is 16.6. The molecule has 0 spiro atoms. The molecule has 0 aliphatic carbocycles. The van der Waals surface area contributed by atoms with Gasteiger partial charge < -0.3 is 15.8 Å². The molecule has 0 aliphatic heterocycles. The predicted octanol–water partition coefficient (Wildman–Crippen LogP) is -0.228. The molecule has 3 N–H and O–H groups in total. The number of rotatable bonds is 4. The van der Waals surface area contributed by atoms with E-state index >= 15 is 0 Å². The first kappa shape index (κ1) is 10.5. The van der Waals surface area contributed by atoms with Gasteiger partial charge in [0.25, 0.3) is 5.91 Å². The first-order valence-electron chi connectivity index (χ1n) is 3.40. The van der Waals surface area contributed by atoms with Crippen LogP contribution in [0.1, 0.15) is 6.42 Å². The Bertz CT molecular complexity index is 191. The molecule has 0 heterocycles. The molecule has 0 radical (unpaired) electrons. The van der Waals surface area contributed by atoms with Gasteiger partial charge in [-0.3, -0.25) is 4.79 Å². The van der Waals surface area contributed by atoms with Gasteiger partial charge in [-0.15, -0.1) is 6.58 Å². The van der Waals surface area contributed by atoms with E-state index in [9.17, 15) is 9.59 Å². The van der Waals surface area contributed by atoms with Crippen LogP contribution in [0.15, 0.2) is 12.7 Å². The van der Waals surface area contributed by atoms with Crippen molar-refractivity contribution >= 4 is 12.0 Å². The summed E-state index contributed by atoms with van der Waals surface area (Å²) in [4.78, 5) is 21.2. The lowest BCUT2D eigenvalue weighted by molar-refractivity contribution is -0.128. The summed E-state index contributed by atoms with van der Waals surface area (Å²) in [5.41, 5.74) is 4.74. The van der Waals surface area contributed by atoms with E-state index in [2.05, 4.69) is 16.6 Å². The third-order valence-corrected chi connectivity index (χ3v) is 1.18. The first-order valence-corrected chi connectivity index (χ1v) is 3.40. The summed E-state index contributed by atoms with van der Waals surface area (Å²) in [7, 11) is 1.45. The lowest BCUT2D eigenvalue weighted by atomic mass is 10.2. The van der Waals surface area contributed by atoms with E-state index in [1.165, 1.54) is 13.1 Å². The molecule has 0 aromatic rings. The summed E-state index contributed by atoms with van der Waals surface area (Å²) in [5, 5.41) is 2.34. The van der Waals surface area contributed by atoms with Gasteiger partial charge in [0.05, 0.1) is 0 Å². The molecular weight excluding hydrogens is 160 g/mol. The Morgan fingerprint density at radius 3 is 2.67 bits per heavy atom. The van der Waals surface area contributed by atoms with E-state index in [1.807, 2.05) is 0 Å². The van der Waals surface area contributed by atoms with Crippen LogP contribution in [0.4, 0.5) is 4.79 Å². The monoisotopic (exact) mass is 172 g/mol. The van der Waals surface area contributed by atoms with Crippen molar-refractivity contribution in [3.63, 3.8) is 0 Å². The Hall–Kier alpha value is -1.52. The van der Waals surface area contributed by atoms with Crippen molar-refractivity contribution < 1.29 is 14.3 Å². The number of hydrogen-bond donors (Lipinski definition) is 2. The maximum Gasteiger partial charge on any atom is 0.405 e. The van der Waals surface area contributed by atoms with E-state index < -0.39 is 18.1 Å². The molecule has 0 bridgehead atoms. The van der Waals surface area contributed by atoms with Crippen molar-refractivity contribution in [1.82, 2.24) is 5.32 Å². The Labute approximate surface area is 70.6 Å². The molecule has 0 saturated heterocycles. The van der Waals surface area contributed by atoms with Crippen LogP contribution in [-0.4, -0.2) is 25.2 Å². The van der Waals surface area contributed by atoms with Crippen molar-refractivity contribution in [1.29, 1.82) is 0 Å². The lowest BCUT2D eigenvalue weighted by Gasteiger charge is -2.12. The minimum absolute atomic E-state index is 0.253. The largest absolute Gasteiger partial charge is 0.436 e. The van der Waals surface area contributed by atoms with Crippen LogP contribution < -0.4 is 11.1 Å². The lowest BCUT2D eigenvalue weighted by Crippen LogP contribution is -2.36. The fourth-order valence-electron chi connectivity index (χ4n) is 0.661. The molecule has 0 aromatic carbocycles. The Morgan fingerprint density at radius 1 is 1.75 bits per heavy atom. The van der Waals surface area contributed by atoms with Crippen LogP contribution in [0.3, 0.4) is 0 Å². The zero-order chi connectivity index (χ0) is 9.56. The van der Waals surface area contributed by atoms with Gasteiger partial charge in [0.15, 0.2) is 6.10 Å². The van der Waals surface area contributed by atoms with E-state index in [4.69, 9.17) is 5.73 Å². The average molecular weight is 172 g/mol. The molecular formula is C7H12N2O3. The molecule has 5 heteroatoms. The van der Waals surface area contributed by atoms with Crippen LogP contribution in [0.5, 0.6) is 0 Å². The van der Waals surface area contributed by atoms with Crippen LogP contribution in [0, 0.1) is 0 Å². The number of hydrogen-bond acceptors (Lipinski definition) is 3. The maximum atomic E-state index is 10.9. The van der Waals surface area contributed by atoms with Crippen molar-refractivity contribution in [2.75, 3.05) is 7.05 Å². The van der Waals surface area contributed by atoms with Crippen LogP contribution in [0.2, 0.25) is 0 Å². The SMILES string of the molecule is C=CCC(OC(N)=O)C(=O)NC. The third-order valence-electron chi connectivity index (χ3n) is 1.18. The molecule has 1 atom stereocenters. The van der Waals surface area contributed by atoms with Crippen LogP contribution in [-0.2, 0) is 9.53 Å². The smallest absolute Gasteiger partial charge is 0.405 e. The fraction of sp³-hybridized carbons (Fsp3) is 0.429. The highest BCUT2D eigenvalue weighted by Crippen LogP contribution is 1.98. The predicted molar refractivity (Wildman–Crippen MR) is 43.3 cm³/mol. The molecule has 12 heavy (non-hydrogen) atoms. The highest BCUT2D eigenvalue weighted by Gasteiger charge is 2.18. The molecule has 0 aliphatic rings. The summed E-state index contributed by atoms with van der Waals surface area (Å²) in [6.07, 6.45) is -0.110. The maximum absolute atomic E-state index is 10.9. The van der Waals surface area contributed by atoms with Gasteiger partial charge in [-0.25, -0.2) is 4.79 Å². The van der Waals surface area contributed by atoms with Crippen molar-refractivity contribution in [3.05, 3.63) is 12.7 Å². The van der Waals surface area contributed by atoms with Crippen molar-refractivity contribution in [2.24, 2.45) is 5.73 Å². The third kappa shape index (κ3) is 3.60. The number of primary amides is 1. The van der Waals surface area contributed by atoms with Crippen molar-refractivity contribution in [2.45, 2.75) is 12.5 Å². The quantitative estimate of drug-likeness (QED) is 0.575. The van der Waals surface area contributed by atoms with Gasteiger partial charge in [0, 0.05) is 13.5 Å². The molecule has 68 valence electrons. The zero-order valence-electron chi connectivity index (χ0n) is 6.87.